The molecule has 0 fully saturated rings. The van der Waals surface area contributed by atoms with E-state index < -0.39 is 6.10 Å². The number of urea groups is 1. The smallest absolute Gasteiger partial charge is 0.318 e. The van der Waals surface area contributed by atoms with E-state index in [4.69, 9.17) is 9.47 Å². The molecule has 2 aromatic carbocycles. The molecule has 1 aliphatic heterocycles. The van der Waals surface area contributed by atoms with Crippen molar-refractivity contribution in [3.63, 3.8) is 0 Å². The van der Waals surface area contributed by atoms with Crippen molar-refractivity contribution in [1.82, 2.24) is 10.2 Å². The molecule has 148 valence electrons. The molecule has 0 saturated heterocycles. The highest BCUT2D eigenvalue weighted by Crippen LogP contribution is 2.39. The normalized spacial score (nSPS) is 17.7. The minimum Gasteiger partial charge on any atom is -0.496 e. The van der Waals surface area contributed by atoms with Crippen molar-refractivity contribution in [3.05, 3.63) is 58.1 Å². The van der Waals surface area contributed by atoms with Crippen LogP contribution in [0.1, 0.15) is 40.3 Å². The van der Waals surface area contributed by atoms with E-state index in [1.54, 1.807) is 31.3 Å². The maximum atomic E-state index is 12.7. The number of carbonyl (C=O) groups excluding carboxylic acids is 1. The summed E-state index contributed by atoms with van der Waals surface area (Å²) in [7, 11) is 3.16. The van der Waals surface area contributed by atoms with Gasteiger partial charge in [-0.3, -0.25) is 0 Å². The zero-order valence-electron chi connectivity index (χ0n) is 16.3. The zero-order valence-corrected chi connectivity index (χ0v) is 16.3. The number of methoxy groups -OCH3 is 2. The highest BCUT2D eigenvalue weighted by molar-refractivity contribution is 5.75. The molecule has 2 amide bonds. The molecule has 6 nitrogen and oxygen atoms in total. The number of hydrogen-bond acceptors (Lipinski definition) is 4. The number of benzene rings is 2. The Kier molecular flexibility index (Phi) is 5.13. The monoisotopic (exact) mass is 382 g/mol. The Morgan fingerprint density at radius 2 is 1.89 bits per heavy atom. The summed E-state index contributed by atoms with van der Waals surface area (Å²) in [5.41, 5.74) is 5.40. The van der Waals surface area contributed by atoms with E-state index in [1.165, 1.54) is 17.5 Å². The van der Waals surface area contributed by atoms with Gasteiger partial charge in [0, 0.05) is 17.7 Å². The minimum atomic E-state index is -0.820. The highest BCUT2D eigenvalue weighted by atomic mass is 16.5. The van der Waals surface area contributed by atoms with Crippen LogP contribution in [0.2, 0.25) is 0 Å². The number of nitrogens with one attached hydrogen (secondary N) is 1. The predicted molar refractivity (Wildman–Crippen MR) is 106 cm³/mol. The Balaban J connectivity index is 1.47. The molecule has 1 heterocycles. The summed E-state index contributed by atoms with van der Waals surface area (Å²) in [6.45, 7) is 1.05. The van der Waals surface area contributed by atoms with Gasteiger partial charge < -0.3 is 24.8 Å². The fraction of sp³-hybridized carbons (Fsp3) is 0.409. The second kappa shape index (κ2) is 7.72. The van der Waals surface area contributed by atoms with Crippen LogP contribution in [0.4, 0.5) is 4.79 Å². The van der Waals surface area contributed by atoms with E-state index in [9.17, 15) is 9.90 Å². The molecular formula is C22H26N2O4. The first-order chi connectivity index (χ1) is 13.6. The van der Waals surface area contributed by atoms with E-state index in [0.717, 1.165) is 24.0 Å². The van der Waals surface area contributed by atoms with Crippen LogP contribution in [0.25, 0.3) is 0 Å². The molecule has 0 unspecified atom stereocenters. The summed E-state index contributed by atoms with van der Waals surface area (Å²) in [5.74, 6) is 1.26. The fourth-order valence-corrected chi connectivity index (χ4v) is 4.26. The fourth-order valence-electron chi connectivity index (χ4n) is 4.26. The van der Waals surface area contributed by atoms with Crippen LogP contribution in [0.3, 0.4) is 0 Å². The van der Waals surface area contributed by atoms with Crippen molar-refractivity contribution >= 4 is 6.03 Å². The number of ether oxygens (including phenoxy) is 2. The van der Waals surface area contributed by atoms with Gasteiger partial charge in [0.15, 0.2) is 0 Å². The van der Waals surface area contributed by atoms with Crippen molar-refractivity contribution in [1.29, 1.82) is 0 Å². The average Bonchev–Trinajstić information content (AvgIpc) is 3.18. The molecule has 28 heavy (non-hydrogen) atoms. The van der Waals surface area contributed by atoms with Gasteiger partial charge >= 0.3 is 6.03 Å². The molecule has 6 heteroatoms. The number of carbonyl (C=O) groups is 1. The number of β-amino-alcohol motifs (C(OH)–C–C–N with tert-alkyl or cyclic N) is 1. The standard InChI is InChI=1S/C22H26N2O4/c1-27-19-8-9-20(28-2)21-17(19)12-24(13-18(21)25)22(26)23-11-14-6-7-15-4-3-5-16(15)10-14/h6-10,18,25H,3-5,11-13H2,1-2H3,(H,23,26)/t18-/m0/s1. The second-order valence-electron chi connectivity index (χ2n) is 7.37. The van der Waals surface area contributed by atoms with E-state index in [0.29, 0.717) is 30.2 Å². The molecule has 0 radical (unpaired) electrons. The van der Waals surface area contributed by atoms with Crippen LogP contribution >= 0.6 is 0 Å². The van der Waals surface area contributed by atoms with E-state index >= 15 is 0 Å². The highest BCUT2D eigenvalue weighted by Gasteiger charge is 2.31. The summed E-state index contributed by atoms with van der Waals surface area (Å²) in [6, 6.07) is 9.83. The van der Waals surface area contributed by atoms with Gasteiger partial charge in [0.1, 0.15) is 17.6 Å². The lowest BCUT2D eigenvalue weighted by Crippen LogP contribution is -2.44. The van der Waals surface area contributed by atoms with Crippen LogP contribution in [-0.2, 0) is 25.9 Å². The quantitative estimate of drug-likeness (QED) is 0.853. The lowest BCUT2D eigenvalue weighted by molar-refractivity contribution is 0.100. The predicted octanol–water partition coefficient (Wildman–Crippen LogP) is 2.95. The Labute approximate surface area is 165 Å². The van der Waals surface area contributed by atoms with Gasteiger partial charge in [0.25, 0.3) is 0 Å². The van der Waals surface area contributed by atoms with Gasteiger partial charge in [0.05, 0.1) is 27.3 Å². The molecule has 0 spiro atoms. The largest absolute Gasteiger partial charge is 0.496 e. The lowest BCUT2D eigenvalue weighted by Gasteiger charge is -2.34. The van der Waals surface area contributed by atoms with Gasteiger partial charge in [-0.1, -0.05) is 18.2 Å². The molecule has 2 aromatic rings. The number of aryl methyl sites for hydroxylation is 2. The van der Waals surface area contributed by atoms with Crippen LogP contribution in [0.5, 0.6) is 11.5 Å². The summed E-state index contributed by atoms with van der Waals surface area (Å²) in [5, 5.41) is 13.6. The Bertz CT molecular complexity index is 896. The van der Waals surface area contributed by atoms with Crippen molar-refractivity contribution in [2.24, 2.45) is 0 Å². The topological polar surface area (TPSA) is 71.0 Å². The number of rotatable bonds is 4. The van der Waals surface area contributed by atoms with Crippen LogP contribution in [0, 0.1) is 0 Å². The third-order valence-electron chi connectivity index (χ3n) is 5.68. The number of amides is 2. The number of aliphatic hydroxyl groups is 1. The second-order valence-corrected chi connectivity index (χ2v) is 7.37. The van der Waals surface area contributed by atoms with Gasteiger partial charge in [-0.05, 0) is 48.1 Å². The lowest BCUT2D eigenvalue weighted by atomic mass is 9.95. The first kappa shape index (κ1) is 18.6. The van der Waals surface area contributed by atoms with E-state index in [-0.39, 0.29) is 12.6 Å². The van der Waals surface area contributed by atoms with Crippen LogP contribution in [-0.4, -0.2) is 36.8 Å². The number of nitrogens with zero attached hydrogens (tertiary/aromatic N) is 1. The maximum Gasteiger partial charge on any atom is 0.318 e. The number of fused-ring (bicyclic) bond motifs is 2. The third kappa shape index (κ3) is 3.40. The zero-order chi connectivity index (χ0) is 19.7. The van der Waals surface area contributed by atoms with Crippen LogP contribution in [0.15, 0.2) is 30.3 Å². The number of hydrogen-bond donors (Lipinski definition) is 2. The maximum absolute atomic E-state index is 12.7. The molecule has 1 aliphatic carbocycles. The van der Waals surface area contributed by atoms with Crippen molar-refractivity contribution in [2.75, 3.05) is 20.8 Å². The first-order valence-electron chi connectivity index (χ1n) is 9.66. The van der Waals surface area contributed by atoms with Gasteiger partial charge in [0.2, 0.25) is 0 Å². The van der Waals surface area contributed by atoms with Gasteiger partial charge in [-0.25, -0.2) is 4.79 Å². The summed E-state index contributed by atoms with van der Waals surface area (Å²) in [6.07, 6.45) is 2.66. The summed E-state index contributed by atoms with van der Waals surface area (Å²) >= 11 is 0. The first-order valence-corrected chi connectivity index (χ1v) is 9.66. The van der Waals surface area contributed by atoms with E-state index in [1.807, 2.05) is 0 Å². The number of aliphatic hydroxyl groups excluding tert-OH is 1. The minimum absolute atomic E-state index is 0.199. The molecule has 0 aromatic heterocycles. The Morgan fingerprint density at radius 3 is 2.68 bits per heavy atom. The molecule has 2 N–H and O–H groups in total. The van der Waals surface area contributed by atoms with Gasteiger partial charge in [-0.15, -0.1) is 0 Å². The van der Waals surface area contributed by atoms with Crippen molar-refractivity contribution in [2.45, 2.75) is 38.5 Å². The van der Waals surface area contributed by atoms with Crippen LogP contribution < -0.4 is 14.8 Å². The van der Waals surface area contributed by atoms with Gasteiger partial charge in [-0.2, -0.15) is 0 Å². The van der Waals surface area contributed by atoms with Crippen molar-refractivity contribution < 1.29 is 19.4 Å². The molecule has 0 saturated carbocycles. The molecule has 2 aliphatic rings. The Hall–Kier alpha value is -2.73. The molecular weight excluding hydrogens is 356 g/mol. The molecule has 1 atom stereocenters. The average molecular weight is 382 g/mol. The SMILES string of the molecule is COc1ccc(OC)c2c1CN(C(=O)NCc1ccc3c(c1)CCC3)C[C@@H]2O. The molecule has 0 bridgehead atoms. The molecule has 4 rings (SSSR count). The summed E-state index contributed by atoms with van der Waals surface area (Å²) in [4.78, 5) is 14.4. The van der Waals surface area contributed by atoms with E-state index in [2.05, 4.69) is 23.5 Å². The third-order valence-corrected chi connectivity index (χ3v) is 5.68. The van der Waals surface area contributed by atoms with Crippen molar-refractivity contribution in [3.8, 4) is 11.5 Å². The summed E-state index contributed by atoms with van der Waals surface area (Å²) < 4.78 is 10.8. The Morgan fingerprint density at radius 1 is 1.14 bits per heavy atom.